The zero-order valence-electron chi connectivity index (χ0n) is 9.78. The Labute approximate surface area is 108 Å². The topological polar surface area (TPSA) is 105 Å². The number of aromatic carboxylic acids is 1. The van der Waals surface area contributed by atoms with E-state index in [1.807, 2.05) is 0 Å². The minimum atomic E-state index is -1.25. The fourth-order valence-corrected chi connectivity index (χ4v) is 1.43. The zero-order valence-corrected chi connectivity index (χ0v) is 9.78. The van der Waals surface area contributed by atoms with Gasteiger partial charge in [0.15, 0.2) is 11.5 Å². The Morgan fingerprint density at radius 3 is 2.58 bits per heavy atom. The van der Waals surface area contributed by atoms with E-state index in [0.717, 1.165) is 0 Å². The lowest BCUT2D eigenvalue weighted by Crippen LogP contribution is -2.19. The zero-order chi connectivity index (χ0) is 13.7. The van der Waals surface area contributed by atoms with Crippen molar-refractivity contribution in [2.75, 3.05) is 5.32 Å². The van der Waals surface area contributed by atoms with Crippen LogP contribution in [0.1, 0.15) is 16.2 Å². The van der Waals surface area contributed by atoms with Crippen LogP contribution in [0.3, 0.4) is 0 Å². The van der Waals surface area contributed by atoms with Gasteiger partial charge in [-0.25, -0.2) is 14.8 Å². The molecule has 0 atom stereocenters. The van der Waals surface area contributed by atoms with Crippen molar-refractivity contribution in [1.82, 2.24) is 15.0 Å². The number of hydrogen-bond acceptors (Lipinski definition) is 5. The Bertz CT molecular complexity index is 601. The summed E-state index contributed by atoms with van der Waals surface area (Å²) in [5.41, 5.74) is 0.289. The lowest BCUT2D eigenvalue weighted by molar-refractivity contribution is -0.115. The molecule has 2 aromatic rings. The molecule has 0 aromatic carbocycles. The van der Waals surface area contributed by atoms with E-state index in [4.69, 9.17) is 5.11 Å². The molecule has 0 bridgehead atoms. The minimum absolute atomic E-state index is 0.0382. The molecule has 2 heterocycles. The minimum Gasteiger partial charge on any atom is -0.476 e. The fourth-order valence-electron chi connectivity index (χ4n) is 1.43. The molecule has 0 aliphatic heterocycles. The molecule has 0 aliphatic rings. The second kappa shape index (κ2) is 5.67. The first-order chi connectivity index (χ1) is 9.16. The van der Waals surface area contributed by atoms with Gasteiger partial charge in [0.05, 0.1) is 6.42 Å². The highest BCUT2D eigenvalue weighted by molar-refractivity contribution is 5.98. The van der Waals surface area contributed by atoms with Crippen molar-refractivity contribution < 1.29 is 14.7 Å². The summed E-state index contributed by atoms with van der Waals surface area (Å²) in [4.78, 5) is 34.1. The number of carbonyl (C=O) groups is 2. The van der Waals surface area contributed by atoms with E-state index < -0.39 is 11.9 Å². The predicted octanol–water partition coefficient (Wildman–Crippen LogP) is 0.751. The smallest absolute Gasteiger partial charge is 0.358 e. The molecule has 0 unspecified atom stereocenters. The van der Waals surface area contributed by atoms with Crippen LogP contribution in [0.25, 0.3) is 0 Å². The number of nitrogens with zero attached hydrogens (tertiary/aromatic N) is 3. The number of carbonyl (C=O) groups excluding carboxylic acids is 1. The first-order valence-corrected chi connectivity index (χ1v) is 5.41. The summed E-state index contributed by atoms with van der Waals surface area (Å²) in [6, 6.07) is 5.21. The standard InChI is InChI=1S/C12H10N4O3/c17-9(7-8-3-1-2-4-13-8)16-11-10(12(18)19)14-5-6-15-11/h1-6H,7H2,(H,18,19)(H,15,16,17). The van der Waals surface area contributed by atoms with Crippen molar-refractivity contribution in [2.45, 2.75) is 6.42 Å². The Hall–Kier alpha value is -2.83. The first kappa shape index (κ1) is 12.6. The van der Waals surface area contributed by atoms with Crippen LogP contribution in [0.4, 0.5) is 5.82 Å². The van der Waals surface area contributed by atoms with Crippen molar-refractivity contribution in [2.24, 2.45) is 0 Å². The van der Waals surface area contributed by atoms with Gasteiger partial charge in [0.2, 0.25) is 5.91 Å². The van der Waals surface area contributed by atoms with Crippen molar-refractivity contribution >= 4 is 17.7 Å². The number of aromatic nitrogens is 3. The van der Waals surface area contributed by atoms with Crippen molar-refractivity contribution in [3.8, 4) is 0 Å². The number of pyridine rings is 1. The van der Waals surface area contributed by atoms with Crippen molar-refractivity contribution in [1.29, 1.82) is 0 Å². The van der Waals surface area contributed by atoms with Crippen LogP contribution in [-0.4, -0.2) is 31.9 Å². The molecule has 96 valence electrons. The second-order valence-electron chi connectivity index (χ2n) is 3.60. The summed E-state index contributed by atoms with van der Waals surface area (Å²) in [7, 11) is 0. The largest absolute Gasteiger partial charge is 0.476 e. The van der Waals surface area contributed by atoms with E-state index in [1.165, 1.54) is 12.4 Å². The van der Waals surface area contributed by atoms with Crippen molar-refractivity contribution in [3.63, 3.8) is 0 Å². The van der Waals surface area contributed by atoms with Crippen LogP contribution in [0.2, 0.25) is 0 Å². The van der Waals surface area contributed by atoms with Gasteiger partial charge < -0.3 is 10.4 Å². The number of rotatable bonds is 4. The monoisotopic (exact) mass is 258 g/mol. The van der Waals surface area contributed by atoms with Crippen LogP contribution >= 0.6 is 0 Å². The predicted molar refractivity (Wildman–Crippen MR) is 65.6 cm³/mol. The summed E-state index contributed by atoms with van der Waals surface area (Å²) < 4.78 is 0. The van der Waals surface area contributed by atoms with Crippen LogP contribution < -0.4 is 5.32 Å². The molecule has 2 N–H and O–H groups in total. The summed E-state index contributed by atoms with van der Waals surface area (Å²) in [5.74, 6) is -1.72. The summed E-state index contributed by atoms with van der Waals surface area (Å²) in [6.07, 6.45) is 4.17. The Morgan fingerprint density at radius 2 is 1.89 bits per heavy atom. The molecule has 0 saturated heterocycles. The third-order valence-corrected chi connectivity index (χ3v) is 2.23. The quantitative estimate of drug-likeness (QED) is 0.838. The van der Waals surface area contributed by atoms with E-state index in [-0.39, 0.29) is 17.9 Å². The van der Waals surface area contributed by atoms with E-state index in [1.54, 1.807) is 24.4 Å². The Balaban J connectivity index is 2.09. The molecule has 0 radical (unpaired) electrons. The SMILES string of the molecule is O=C(Cc1ccccn1)Nc1nccnc1C(=O)O. The maximum absolute atomic E-state index is 11.7. The summed E-state index contributed by atoms with van der Waals surface area (Å²) in [6.45, 7) is 0. The molecule has 7 nitrogen and oxygen atoms in total. The molecule has 0 saturated carbocycles. The molecule has 2 aromatic heterocycles. The average molecular weight is 258 g/mol. The summed E-state index contributed by atoms with van der Waals surface area (Å²) >= 11 is 0. The second-order valence-corrected chi connectivity index (χ2v) is 3.60. The fraction of sp³-hybridized carbons (Fsp3) is 0.0833. The maximum Gasteiger partial charge on any atom is 0.358 e. The van der Waals surface area contributed by atoms with Gasteiger partial charge in [-0.05, 0) is 12.1 Å². The number of amides is 1. The van der Waals surface area contributed by atoms with Crippen molar-refractivity contribution in [3.05, 3.63) is 48.2 Å². The molecular formula is C12H10N4O3. The van der Waals surface area contributed by atoms with E-state index in [9.17, 15) is 9.59 Å². The van der Waals surface area contributed by atoms with E-state index in [0.29, 0.717) is 5.69 Å². The highest BCUT2D eigenvalue weighted by Gasteiger charge is 2.15. The molecule has 0 fully saturated rings. The number of carboxylic acids is 1. The third kappa shape index (κ3) is 3.32. The van der Waals surface area contributed by atoms with Gasteiger partial charge in [-0.15, -0.1) is 0 Å². The highest BCUT2D eigenvalue weighted by atomic mass is 16.4. The normalized spacial score (nSPS) is 9.89. The highest BCUT2D eigenvalue weighted by Crippen LogP contribution is 2.08. The van der Waals surface area contributed by atoms with E-state index >= 15 is 0 Å². The molecule has 1 amide bonds. The number of hydrogen-bond donors (Lipinski definition) is 2. The van der Waals surface area contributed by atoms with Gasteiger partial charge in [-0.3, -0.25) is 9.78 Å². The number of anilines is 1. The molecular weight excluding hydrogens is 248 g/mol. The van der Waals surface area contributed by atoms with Gasteiger partial charge in [-0.1, -0.05) is 6.07 Å². The Morgan fingerprint density at radius 1 is 1.11 bits per heavy atom. The van der Waals surface area contributed by atoms with E-state index in [2.05, 4.69) is 20.3 Å². The van der Waals surface area contributed by atoms with Gasteiger partial charge >= 0.3 is 5.97 Å². The van der Waals surface area contributed by atoms with Gasteiger partial charge in [0, 0.05) is 24.3 Å². The molecule has 7 heteroatoms. The van der Waals surface area contributed by atoms with Crippen LogP contribution in [0.5, 0.6) is 0 Å². The number of nitrogens with one attached hydrogen (secondary N) is 1. The van der Waals surface area contributed by atoms with Gasteiger partial charge in [0.1, 0.15) is 0 Å². The maximum atomic E-state index is 11.7. The van der Waals surface area contributed by atoms with Gasteiger partial charge in [0.25, 0.3) is 0 Å². The van der Waals surface area contributed by atoms with Crippen LogP contribution in [0.15, 0.2) is 36.8 Å². The number of carboxylic acid groups (broad SMARTS) is 1. The van der Waals surface area contributed by atoms with Gasteiger partial charge in [-0.2, -0.15) is 0 Å². The first-order valence-electron chi connectivity index (χ1n) is 5.41. The molecule has 19 heavy (non-hydrogen) atoms. The third-order valence-electron chi connectivity index (χ3n) is 2.23. The lowest BCUT2D eigenvalue weighted by atomic mass is 10.2. The molecule has 2 rings (SSSR count). The molecule has 0 aliphatic carbocycles. The summed E-state index contributed by atoms with van der Waals surface area (Å²) in [5, 5.41) is 11.3. The Kier molecular flexibility index (Phi) is 3.77. The lowest BCUT2D eigenvalue weighted by Gasteiger charge is -2.05. The van der Waals surface area contributed by atoms with Crippen LogP contribution in [0, 0.1) is 0 Å². The van der Waals surface area contributed by atoms with Crippen LogP contribution in [-0.2, 0) is 11.2 Å². The molecule has 0 spiro atoms. The average Bonchev–Trinajstić information content (AvgIpc) is 2.40.